The number of likely N-dealkylation sites (N-methyl/N-ethyl adjacent to an activating group) is 1. The first-order chi connectivity index (χ1) is 17.5. The van der Waals surface area contributed by atoms with Gasteiger partial charge in [-0.25, -0.2) is 0 Å². The van der Waals surface area contributed by atoms with Gasteiger partial charge in [0.05, 0.1) is 19.8 Å². The minimum Gasteiger partial charge on any atom is -0.493 e. The molecule has 1 atom stereocenters. The van der Waals surface area contributed by atoms with Crippen LogP contribution in [-0.2, 0) is 6.42 Å². The lowest BCUT2D eigenvalue weighted by Gasteiger charge is -2.40. The van der Waals surface area contributed by atoms with E-state index >= 15 is 0 Å². The number of benzene rings is 2. The average Bonchev–Trinajstić information content (AvgIpc) is 2.95. The summed E-state index contributed by atoms with van der Waals surface area (Å²) in [6.07, 6.45) is 3.99. The van der Waals surface area contributed by atoms with Crippen LogP contribution < -0.4 is 9.47 Å². The third-order valence-electron chi connectivity index (χ3n) is 6.99. The summed E-state index contributed by atoms with van der Waals surface area (Å²) in [5.41, 5.74) is 2.12. The Labute approximate surface area is 212 Å². The van der Waals surface area contributed by atoms with Crippen molar-refractivity contribution in [3.63, 3.8) is 0 Å². The van der Waals surface area contributed by atoms with Crippen LogP contribution in [0.15, 0.2) is 72.9 Å². The molecule has 0 bridgehead atoms. The number of carbonyl (C=O) groups excluding carboxylic acids is 2. The molecule has 0 radical (unpaired) electrons. The number of carbonyl (C=O) groups is 2. The van der Waals surface area contributed by atoms with Gasteiger partial charge in [0.15, 0.2) is 11.5 Å². The van der Waals surface area contributed by atoms with Crippen LogP contribution in [0.2, 0.25) is 0 Å². The van der Waals surface area contributed by atoms with Crippen LogP contribution in [-0.4, -0.2) is 67.0 Å². The molecule has 4 rings (SSSR count). The van der Waals surface area contributed by atoms with E-state index in [0.29, 0.717) is 35.8 Å². The number of amides is 2. The number of hydrogen-bond donors (Lipinski definition) is 0. The molecule has 0 saturated carbocycles. The highest BCUT2D eigenvalue weighted by Crippen LogP contribution is 2.33. The molecule has 2 aromatic carbocycles. The highest BCUT2D eigenvalue weighted by atomic mass is 16.5. The quantitative estimate of drug-likeness (QED) is 0.473. The molecule has 2 amide bonds. The highest BCUT2D eigenvalue weighted by molar-refractivity contribution is 5.98. The minimum atomic E-state index is -0.0869. The Kier molecular flexibility index (Phi) is 8.21. The zero-order valence-corrected chi connectivity index (χ0v) is 21.1. The van der Waals surface area contributed by atoms with E-state index in [1.807, 2.05) is 47.2 Å². The molecule has 0 spiro atoms. The zero-order valence-electron chi connectivity index (χ0n) is 21.1. The molecule has 1 aliphatic rings. The molecule has 7 nitrogen and oxygen atoms in total. The average molecular weight is 488 g/mol. The maximum atomic E-state index is 13.4. The number of piperidine rings is 1. The van der Waals surface area contributed by atoms with E-state index in [4.69, 9.17) is 9.47 Å². The summed E-state index contributed by atoms with van der Waals surface area (Å²) in [5, 5.41) is 0. The van der Waals surface area contributed by atoms with Crippen molar-refractivity contribution >= 4 is 11.8 Å². The van der Waals surface area contributed by atoms with Crippen molar-refractivity contribution in [1.82, 2.24) is 14.8 Å². The van der Waals surface area contributed by atoms with Crippen LogP contribution in [0.1, 0.15) is 39.3 Å². The zero-order chi connectivity index (χ0) is 25.5. The fraction of sp³-hybridized carbons (Fsp3) is 0.345. The number of methoxy groups -OCH3 is 2. The van der Waals surface area contributed by atoms with Gasteiger partial charge >= 0.3 is 0 Å². The molecule has 0 unspecified atom stereocenters. The number of hydrogen-bond acceptors (Lipinski definition) is 5. The molecule has 36 heavy (non-hydrogen) atoms. The first kappa shape index (κ1) is 25.2. The van der Waals surface area contributed by atoms with Gasteiger partial charge in [0, 0.05) is 32.4 Å². The SMILES string of the molecule is COc1cccc(C(=O)N2CCC([C@@H](Cc3ccccc3)N(C)C(=O)c3ccccn3)CC2)c1OC. The van der Waals surface area contributed by atoms with Gasteiger partial charge < -0.3 is 19.3 Å². The van der Waals surface area contributed by atoms with E-state index < -0.39 is 0 Å². The van der Waals surface area contributed by atoms with Crippen molar-refractivity contribution < 1.29 is 19.1 Å². The normalized spacial score (nSPS) is 14.7. The fourth-order valence-electron chi connectivity index (χ4n) is 5.01. The lowest BCUT2D eigenvalue weighted by atomic mass is 9.84. The Morgan fingerprint density at radius 1 is 0.972 bits per heavy atom. The van der Waals surface area contributed by atoms with Crippen LogP contribution in [0.25, 0.3) is 0 Å². The predicted molar refractivity (Wildman–Crippen MR) is 138 cm³/mol. The lowest BCUT2D eigenvalue weighted by molar-refractivity contribution is 0.0517. The first-order valence-electron chi connectivity index (χ1n) is 12.3. The third-order valence-corrected chi connectivity index (χ3v) is 6.99. The Morgan fingerprint density at radius 3 is 2.33 bits per heavy atom. The van der Waals surface area contributed by atoms with E-state index in [9.17, 15) is 9.59 Å². The minimum absolute atomic E-state index is 0.00878. The Bertz CT molecular complexity index is 1160. The Hall–Kier alpha value is -3.87. The summed E-state index contributed by atoms with van der Waals surface area (Å²) < 4.78 is 10.8. The molecule has 7 heteroatoms. The Morgan fingerprint density at radius 2 is 1.69 bits per heavy atom. The summed E-state index contributed by atoms with van der Waals surface area (Å²) in [5.74, 6) is 1.09. The summed E-state index contributed by atoms with van der Waals surface area (Å²) in [7, 11) is 4.97. The third kappa shape index (κ3) is 5.51. The van der Waals surface area contributed by atoms with Crippen molar-refractivity contribution in [3.8, 4) is 11.5 Å². The number of ether oxygens (including phenoxy) is 2. The smallest absolute Gasteiger partial charge is 0.272 e. The highest BCUT2D eigenvalue weighted by Gasteiger charge is 2.34. The number of rotatable bonds is 8. The van der Waals surface area contributed by atoms with E-state index in [0.717, 1.165) is 19.3 Å². The number of aromatic nitrogens is 1. The molecule has 1 aliphatic heterocycles. The monoisotopic (exact) mass is 487 g/mol. The van der Waals surface area contributed by atoms with Gasteiger partial charge in [-0.15, -0.1) is 0 Å². The fourth-order valence-corrected chi connectivity index (χ4v) is 5.01. The second-order valence-electron chi connectivity index (χ2n) is 9.06. The van der Waals surface area contributed by atoms with Crippen molar-refractivity contribution in [2.45, 2.75) is 25.3 Å². The molecule has 2 heterocycles. The van der Waals surface area contributed by atoms with Crippen LogP contribution in [0.3, 0.4) is 0 Å². The number of para-hydroxylation sites is 1. The van der Waals surface area contributed by atoms with Gasteiger partial charge in [-0.3, -0.25) is 14.6 Å². The molecule has 1 aromatic heterocycles. The molecule has 0 N–H and O–H groups in total. The van der Waals surface area contributed by atoms with Crippen molar-refractivity contribution in [2.24, 2.45) is 5.92 Å². The van der Waals surface area contributed by atoms with Crippen molar-refractivity contribution in [1.29, 1.82) is 0 Å². The summed E-state index contributed by atoms with van der Waals surface area (Å²) in [6, 6.07) is 21.0. The Balaban J connectivity index is 1.51. The van der Waals surface area contributed by atoms with Gasteiger partial charge in [0.25, 0.3) is 11.8 Å². The molecule has 1 fully saturated rings. The maximum absolute atomic E-state index is 13.4. The van der Waals surface area contributed by atoms with E-state index in [-0.39, 0.29) is 23.8 Å². The molecule has 0 aliphatic carbocycles. The second-order valence-corrected chi connectivity index (χ2v) is 9.06. The summed E-state index contributed by atoms with van der Waals surface area (Å²) >= 11 is 0. The molecule has 1 saturated heterocycles. The molecular weight excluding hydrogens is 454 g/mol. The van der Waals surface area contributed by atoms with Crippen LogP contribution >= 0.6 is 0 Å². The second kappa shape index (κ2) is 11.7. The number of pyridine rings is 1. The van der Waals surface area contributed by atoms with Crippen LogP contribution in [0.4, 0.5) is 0 Å². The molecule has 3 aromatic rings. The topological polar surface area (TPSA) is 72.0 Å². The van der Waals surface area contributed by atoms with Gasteiger partial charge in [-0.05, 0) is 55.0 Å². The maximum Gasteiger partial charge on any atom is 0.272 e. The van der Waals surface area contributed by atoms with Gasteiger partial charge in [-0.2, -0.15) is 0 Å². The standard InChI is InChI=1S/C29H33N3O4/c1-31(29(34)24-13-7-8-17-30-24)25(20-21-10-5-4-6-11-21)22-15-18-32(19-16-22)28(33)23-12-9-14-26(35-2)27(23)36-3/h4-14,17,22,25H,15-16,18-20H2,1-3H3/t25-/m1/s1. The van der Waals surface area contributed by atoms with Gasteiger partial charge in [0.2, 0.25) is 0 Å². The lowest BCUT2D eigenvalue weighted by Crippen LogP contribution is -2.48. The van der Waals surface area contributed by atoms with Crippen molar-refractivity contribution in [2.75, 3.05) is 34.4 Å². The molecular formula is C29H33N3O4. The van der Waals surface area contributed by atoms with E-state index in [1.165, 1.54) is 5.56 Å². The van der Waals surface area contributed by atoms with Crippen LogP contribution in [0.5, 0.6) is 11.5 Å². The molecule has 188 valence electrons. The van der Waals surface area contributed by atoms with Gasteiger partial charge in [0.1, 0.15) is 5.69 Å². The van der Waals surface area contributed by atoms with Crippen LogP contribution in [0, 0.1) is 5.92 Å². The van der Waals surface area contributed by atoms with Gasteiger partial charge in [-0.1, -0.05) is 42.5 Å². The van der Waals surface area contributed by atoms with Crippen molar-refractivity contribution in [3.05, 3.63) is 89.7 Å². The number of nitrogens with zero attached hydrogens (tertiary/aromatic N) is 3. The summed E-state index contributed by atoms with van der Waals surface area (Å²) in [4.78, 5) is 34.6. The number of likely N-dealkylation sites (tertiary alicyclic amines) is 1. The largest absolute Gasteiger partial charge is 0.493 e. The van der Waals surface area contributed by atoms with E-state index in [2.05, 4.69) is 17.1 Å². The summed E-state index contributed by atoms with van der Waals surface area (Å²) in [6.45, 7) is 1.22. The van der Waals surface area contributed by atoms with E-state index in [1.54, 1.807) is 44.7 Å². The first-order valence-corrected chi connectivity index (χ1v) is 12.3. The predicted octanol–water partition coefficient (Wildman–Crippen LogP) is 4.33.